The molecule has 0 aromatic carbocycles. The summed E-state index contributed by atoms with van der Waals surface area (Å²) in [6.07, 6.45) is 83.5. The number of unbranched alkanes of at least 4 members (excludes halogenated alkanes) is 45. The summed E-state index contributed by atoms with van der Waals surface area (Å²) in [4.78, 5) is 38.1. The predicted octanol–water partition coefficient (Wildman–Crippen LogP) is 22.6. The van der Waals surface area contributed by atoms with Crippen LogP contribution in [0.15, 0.2) is 48.6 Å². The average molecular weight is 1190 g/mol. The van der Waals surface area contributed by atoms with E-state index in [9.17, 15) is 19.0 Å². The number of carbonyl (C=O) groups is 2. The molecule has 0 radical (unpaired) electrons. The molecule has 0 N–H and O–H groups in total. The van der Waals surface area contributed by atoms with Crippen molar-refractivity contribution in [1.29, 1.82) is 0 Å². The highest BCUT2D eigenvalue weighted by Crippen LogP contribution is 2.38. The largest absolute Gasteiger partial charge is 0.756 e. The summed E-state index contributed by atoms with van der Waals surface area (Å²) in [5.41, 5.74) is 0. The van der Waals surface area contributed by atoms with Crippen LogP contribution in [0.25, 0.3) is 0 Å². The van der Waals surface area contributed by atoms with E-state index in [2.05, 4.69) is 62.5 Å². The van der Waals surface area contributed by atoms with Gasteiger partial charge in [0.15, 0.2) is 6.10 Å². The predicted molar refractivity (Wildman–Crippen MR) is 356 cm³/mol. The molecule has 83 heavy (non-hydrogen) atoms. The van der Waals surface area contributed by atoms with Crippen molar-refractivity contribution in [2.45, 2.75) is 360 Å². The van der Waals surface area contributed by atoms with Crippen LogP contribution >= 0.6 is 7.82 Å². The van der Waals surface area contributed by atoms with Gasteiger partial charge < -0.3 is 27.9 Å². The number of quaternary nitrogens is 1. The quantitative estimate of drug-likeness (QED) is 0.0195. The first-order valence-corrected chi connectivity index (χ1v) is 37.3. The lowest BCUT2D eigenvalue weighted by atomic mass is 10.0. The number of ether oxygens (including phenoxy) is 2. The Labute approximate surface area is 515 Å². The van der Waals surface area contributed by atoms with Gasteiger partial charge in [0.25, 0.3) is 7.82 Å². The summed E-state index contributed by atoms with van der Waals surface area (Å²) < 4.78 is 34.3. The average Bonchev–Trinajstić information content (AvgIpc) is 3.49. The lowest BCUT2D eigenvalue weighted by molar-refractivity contribution is -0.870. The van der Waals surface area contributed by atoms with Gasteiger partial charge in [0.1, 0.15) is 19.8 Å². The zero-order valence-corrected chi connectivity index (χ0v) is 56.6. The van der Waals surface area contributed by atoms with Crippen molar-refractivity contribution in [3.63, 3.8) is 0 Å². The molecule has 0 bridgehead atoms. The van der Waals surface area contributed by atoms with Crippen LogP contribution in [0.4, 0.5) is 0 Å². The van der Waals surface area contributed by atoms with Crippen LogP contribution in [0, 0.1) is 0 Å². The zero-order valence-electron chi connectivity index (χ0n) is 55.7. The van der Waals surface area contributed by atoms with Gasteiger partial charge in [-0.2, -0.15) is 0 Å². The third kappa shape index (κ3) is 68.9. The number of rotatable bonds is 67. The number of allylic oxidation sites excluding steroid dienone is 8. The highest BCUT2D eigenvalue weighted by Gasteiger charge is 2.22. The number of carbonyl (C=O) groups excluding carboxylic acids is 2. The lowest BCUT2D eigenvalue weighted by Gasteiger charge is -2.28. The number of likely N-dealkylation sites (N-methyl/N-ethyl adjacent to an activating group) is 1. The molecule has 0 saturated heterocycles. The van der Waals surface area contributed by atoms with Crippen molar-refractivity contribution >= 4 is 19.8 Å². The first-order chi connectivity index (χ1) is 40.5. The van der Waals surface area contributed by atoms with E-state index in [1.165, 1.54) is 257 Å². The normalized spacial score (nSPS) is 13.4. The number of hydrogen-bond donors (Lipinski definition) is 0. The van der Waals surface area contributed by atoms with Gasteiger partial charge in [-0.1, -0.05) is 339 Å². The van der Waals surface area contributed by atoms with Gasteiger partial charge in [0.05, 0.1) is 27.7 Å². The molecular formula is C73H138NO8P. The van der Waals surface area contributed by atoms with Crippen molar-refractivity contribution in [1.82, 2.24) is 0 Å². The Hall–Kier alpha value is -2.03. The fraction of sp³-hybridized carbons (Fsp3) is 0.863. The van der Waals surface area contributed by atoms with Crippen molar-refractivity contribution in [3.05, 3.63) is 48.6 Å². The smallest absolute Gasteiger partial charge is 0.306 e. The third-order valence-corrected chi connectivity index (χ3v) is 17.1. The second kappa shape index (κ2) is 64.4. The molecule has 0 amide bonds. The first kappa shape index (κ1) is 81.0. The maximum absolute atomic E-state index is 12.9. The Morgan fingerprint density at radius 1 is 0.386 bits per heavy atom. The molecule has 0 aliphatic carbocycles. The summed E-state index contributed by atoms with van der Waals surface area (Å²) in [6.45, 7) is 4.19. The molecule has 2 unspecified atom stereocenters. The van der Waals surface area contributed by atoms with Gasteiger partial charge >= 0.3 is 11.9 Å². The second-order valence-electron chi connectivity index (χ2n) is 25.6. The van der Waals surface area contributed by atoms with E-state index in [1.807, 2.05) is 21.1 Å². The van der Waals surface area contributed by atoms with Crippen LogP contribution in [-0.2, 0) is 32.7 Å². The molecule has 0 spiro atoms. The Kier molecular flexibility index (Phi) is 62.9. The van der Waals surface area contributed by atoms with Crippen LogP contribution in [0.1, 0.15) is 354 Å². The molecular weight excluding hydrogens is 1050 g/mol. The van der Waals surface area contributed by atoms with Gasteiger partial charge in [-0.05, 0) is 51.4 Å². The summed E-state index contributed by atoms with van der Waals surface area (Å²) in [7, 11) is 1.18. The molecule has 488 valence electrons. The minimum absolute atomic E-state index is 0.0293. The fourth-order valence-electron chi connectivity index (χ4n) is 10.7. The maximum atomic E-state index is 12.9. The molecule has 0 saturated carbocycles. The fourth-order valence-corrected chi connectivity index (χ4v) is 11.4. The summed E-state index contributed by atoms with van der Waals surface area (Å²) in [5, 5.41) is 0. The molecule has 10 heteroatoms. The third-order valence-electron chi connectivity index (χ3n) is 16.1. The first-order valence-electron chi connectivity index (χ1n) is 35.8. The minimum atomic E-state index is -4.64. The van der Waals surface area contributed by atoms with Gasteiger partial charge in [0.2, 0.25) is 0 Å². The molecule has 9 nitrogen and oxygen atoms in total. The molecule has 0 fully saturated rings. The van der Waals surface area contributed by atoms with Gasteiger partial charge in [-0.15, -0.1) is 0 Å². The molecule has 0 aliphatic heterocycles. The van der Waals surface area contributed by atoms with Gasteiger partial charge in [-0.25, -0.2) is 0 Å². The number of esters is 2. The van der Waals surface area contributed by atoms with Crippen LogP contribution in [-0.4, -0.2) is 70.0 Å². The Balaban J connectivity index is 3.98. The van der Waals surface area contributed by atoms with Crippen molar-refractivity contribution < 1.29 is 42.1 Å². The maximum Gasteiger partial charge on any atom is 0.306 e. The van der Waals surface area contributed by atoms with E-state index >= 15 is 0 Å². The van der Waals surface area contributed by atoms with Gasteiger partial charge in [0, 0.05) is 12.8 Å². The highest BCUT2D eigenvalue weighted by atomic mass is 31.2. The zero-order chi connectivity index (χ0) is 60.5. The van der Waals surface area contributed by atoms with Crippen LogP contribution in [0.3, 0.4) is 0 Å². The van der Waals surface area contributed by atoms with E-state index in [4.69, 9.17) is 18.5 Å². The number of nitrogens with zero attached hydrogens (tertiary/aromatic N) is 1. The highest BCUT2D eigenvalue weighted by molar-refractivity contribution is 7.45. The topological polar surface area (TPSA) is 111 Å². The minimum Gasteiger partial charge on any atom is -0.756 e. The number of phosphoric ester groups is 1. The Bertz CT molecular complexity index is 1540. The van der Waals surface area contributed by atoms with Crippen molar-refractivity contribution in [2.24, 2.45) is 0 Å². The molecule has 0 aromatic heterocycles. The van der Waals surface area contributed by atoms with Crippen molar-refractivity contribution in [3.8, 4) is 0 Å². The number of hydrogen-bond acceptors (Lipinski definition) is 8. The standard InChI is InChI=1S/C73H138NO8P/c1-6-8-10-12-14-16-18-20-22-24-26-28-30-32-34-35-36-37-38-40-41-43-45-47-49-51-53-55-57-59-61-63-65-72(75)79-69-71(70-81-83(77,78)80-68-67-74(3,4)5)82-73(76)66-64-62-60-58-56-54-52-50-48-46-44-42-39-33-31-29-27-25-23-21-19-17-15-13-11-9-7-2/h9,11,15,17,21,23,27,29,71H,6-8,10,12-14,16,18-20,22,24-26,28,30-70H2,1-5H3/b11-9-,17-15-,23-21-,29-27-. The molecule has 0 heterocycles. The molecule has 0 aromatic rings. The van der Waals surface area contributed by atoms with E-state index in [-0.39, 0.29) is 32.0 Å². The van der Waals surface area contributed by atoms with Crippen LogP contribution in [0.5, 0.6) is 0 Å². The molecule has 2 atom stereocenters. The van der Waals surface area contributed by atoms with E-state index in [1.54, 1.807) is 0 Å². The van der Waals surface area contributed by atoms with Crippen molar-refractivity contribution in [2.75, 3.05) is 47.5 Å². The van der Waals surface area contributed by atoms with E-state index < -0.39 is 26.5 Å². The summed E-state index contributed by atoms with van der Waals surface area (Å²) in [5.74, 6) is -0.815. The van der Waals surface area contributed by atoms with Crippen LogP contribution < -0.4 is 4.89 Å². The second-order valence-corrected chi connectivity index (χ2v) is 27.0. The number of phosphoric acid groups is 1. The molecule has 0 aliphatic rings. The summed E-state index contributed by atoms with van der Waals surface area (Å²) >= 11 is 0. The Morgan fingerprint density at radius 3 is 1.02 bits per heavy atom. The molecule has 0 rings (SSSR count). The monoisotopic (exact) mass is 1190 g/mol. The van der Waals surface area contributed by atoms with E-state index in [0.717, 1.165) is 64.2 Å². The lowest BCUT2D eigenvalue weighted by Crippen LogP contribution is -2.37. The SMILES string of the molecule is CC/C=C\C/C=C\C/C=C\C/C=C\CCCCCCCCCCCCCCCCC(=O)OC(COC(=O)CCCCCCCCCCCCCCCCCCCCCCCCCCCCCCCCCC)COP(=O)([O-])OCC[N+](C)(C)C. The van der Waals surface area contributed by atoms with E-state index in [0.29, 0.717) is 17.4 Å². The Morgan fingerprint density at radius 2 is 0.687 bits per heavy atom. The summed E-state index contributed by atoms with van der Waals surface area (Å²) in [6, 6.07) is 0. The van der Waals surface area contributed by atoms with Gasteiger partial charge in [-0.3, -0.25) is 14.2 Å². The van der Waals surface area contributed by atoms with Crippen LogP contribution in [0.2, 0.25) is 0 Å².